The second-order valence-electron chi connectivity index (χ2n) is 10.9. The van der Waals surface area contributed by atoms with Crippen molar-refractivity contribution < 1.29 is 14.3 Å². The number of anilines is 1. The van der Waals surface area contributed by atoms with E-state index in [1.165, 1.54) is 0 Å². The predicted octanol–water partition coefficient (Wildman–Crippen LogP) is 3.40. The number of carbonyl (C=O) groups is 2. The molecule has 1 N–H and O–H groups in total. The van der Waals surface area contributed by atoms with E-state index < -0.39 is 0 Å². The van der Waals surface area contributed by atoms with Crippen LogP contribution in [0.1, 0.15) is 57.3 Å². The van der Waals surface area contributed by atoms with Crippen molar-refractivity contribution in [3.63, 3.8) is 0 Å². The minimum atomic E-state index is -0.138. The van der Waals surface area contributed by atoms with Crippen LogP contribution in [0.25, 0.3) is 10.9 Å². The Hall–Kier alpha value is -3.66. The maximum atomic E-state index is 13.2. The van der Waals surface area contributed by atoms with Crippen LogP contribution in [0.2, 0.25) is 0 Å². The lowest BCUT2D eigenvalue weighted by Crippen LogP contribution is -2.39. The molecule has 4 heterocycles. The highest BCUT2D eigenvalue weighted by molar-refractivity contribution is 5.94. The average Bonchev–Trinajstić information content (AvgIpc) is 3.54. The van der Waals surface area contributed by atoms with Crippen LogP contribution < -0.4 is 15.0 Å². The minimum Gasteiger partial charge on any atom is -0.494 e. The van der Waals surface area contributed by atoms with Crippen molar-refractivity contribution >= 4 is 28.4 Å². The van der Waals surface area contributed by atoms with Gasteiger partial charge in [0.25, 0.3) is 0 Å². The van der Waals surface area contributed by atoms with Crippen molar-refractivity contribution in [3.8, 4) is 5.75 Å². The van der Waals surface area contributed by atoms with E-state index >= 15 is 0 Å². The van der Waals surface area contributed by atoms with Gasteiger partial charge in [0.15, 0.2) is 0 Å². The van der Waals surface area contributed by atoms with E-state index in [4.69, 9.17) is 14.8 Å². The van der Waals surface area contributed by atoms with Crippen LogP contribution in [0.15, 0.2) is 42.7 Å². The molecule has 1 unspecified atom stereocenters. The van der Waals surface area contributed by atoms with Gasteiger partial charge >= 0.3 is 0 Å². The average molecular weight is 548 g/mol. The molecule has 2 amide bonds. The van der Waals surface area contributed by atoms with Crippen molar-refractivity contribution in [1.29, 1.82) is 0 Å². The van der Waals surface area contributed by atoms with E-state index in [9.17, 15) is 9.59 Å². The zero-order valence-electron chi connectivity index (χ0n) is 23.9. The number of aromatic nitrogens is 3. The Morgan fingerprint density at radius 3 is 2.70 bits per heavy atom. The van der Waals surface area contributed by atoms with Crippen LogP contribution in [0.3, 0.4) is 0 Å². The summed E-state index contributed by atoms with van der Waals surface area (Å²) >= 11 is 0. The largest absolute Gasteiger partial charge is 0.494 e. The quantitative estimate of drug-likeness (QED) is 0.416. The van der Waals surface area contributed by atoms with Gasteiger partial charge < -0.3 is 19.9 Å². The molecule has 0 aliphatic carbocycles. The molecule has 0 radical (unpaired) electrons. The van der Waals surface area contributed by atoms with Crippen molar-refractivity contribution in [2.75, 3.05) is 57.8 Å². The number of hydrogen-bond donors (Lipinski definition) is 1. The molecule has 2 saturated heterocycles. The van der Waals surface area contributed by atoms with Crippen LogP contribution >= 0.6 is 0 Å². The van der Waals surface area contributed by atoms with Gasteiger partial charge in [-0.05, 0) is 51.0 Å². The van der Waals surface area contributed by atoms with Gasteiger partial charge in [-0.25, -0.2) is 0 Å². The van der Waals surface area contributed by atoms with E-state index in [2.05, 4.69) is 35.0 Å². The number of methoxy groups -OCH3 is 1. The Bertz CT molecular complexity index is 1320. The molecule has 10 nitrogen and oxygen atoms in total. The number of pyridine rings is 1. The fraction of sp³-hybridized carbons (Fsp3) is 0.533. The standard InChI is InChI=1S/C30H41N7O3/c1-22(2)37-17-11-24(33-37)25(21-27(38)31-13-18-35-14-5-8-28(35)39)34-15-6-16-36(20-19-34)30-26(40-3)10-9-23-7-4-12-32-29(23)30/h4,7,9-12,17,22,25H,5-6,8,13-16,18-21H2,1-3H3,(H,31,38). The van der Waals surface area contributed by atoms with Gasteiger partial charge in [-0.2, -0.15) is 5.10 Å². The molecule has 5 rings (SSSR count). The monoisotopic (exact) mass is 547 g/mol. The SMILES string of the molecule is COc1ccc2cccnc2c1N1CCCN(C(CC(=O)NCCN2CCCC2=O)c2ccn(C(C)C)n2)CC1. The van der Waals surface area contributed by atoms with E-state index in [1.807, 2.05) is 46.2 Å². The van der Waals surface area contributed by atoms with Crippen molar-refractivity contribution in [2.45, 2.75) is 51.6 Å². The van der Waals surface area contributed by atoms with E-state index in [0.29, 0.717) is 25.9 Å². The smallest absolute Gasteiger partial charge is 0.222 e. The van der Waals surface area contributed by atoms with Crippen molar-refractivity contribution in [3.05, 3.63) is 48.4 Å². The van der Waals surface area contributed by atoms with Crippen LogP contribution in [0.5, 0.6) is 5.75 Å². The molecule has 40 heavy (non-hydrogen) atoms. The molecule has 214 valence electrons. The summed E-state index contributed by atoms with van der Waals surface area (Å²) in [6.45, 7) is 9.31. The van der Waals surface area contributed by atoms with Gasteiger partial charge in [0, 0.05) is 82.5 Å². The van der Waals surface area contributed by atoms with Crippen LogP contribution in [0, 0.1) is 0 Å². The first kappa shape index (κ1) is 27.9. The lowest BCUT2D eigenvalue weighted by Gasteiger charge is -2.30. The van der Waals surface area contributed by atoms with Crippen LogP contribution in [0.4, 0.5) is 5.69 Å². The lowest BCUT2D eigenvalue weighted by molar-refractivity contribution is -0.128. The zero-order chi connectivity index (χ0) is 28.1. The molecule has 2 fully saturated rings. The number of benzene rings is 1. The molecule has 0 spiro atoms. The molecule has 1 aromatic carbocycles. The molecule has 1 atom stereocenters. The van der Waals surface area contributed by atoms with Gasteiger partial charge in [0.1, 0.15) is 11.4 Å². The lowest BCUT2D eigenvalue weighted by atomic mass is 10.1. The van der Waals surface area contributed by atoms with E-state index in [0.717, 1.165) is 73.6 Å². The number of rotatable bonds is 10. The summed E-state index contributed by atoms with van der Waals surface area (Å²) in [5.41, 5.74) is 2.88. The molecule has 10 heteroatoms. The molecule has 0 saturated carbocycles. The van der Waals surface area contributed by atoms with Crippen LogP contribution in [-0.2, 0) is 9.59 Å². The number of hydrogen-bond acceptors (Lipinski definition) is 7. The van der Waals surface area contributed by atoms with E-state index in [1.54, 1.807) is 7.11 Å². The fourth-order valence-corrected chi connectivity index (χ4v) is 5.81. The number of fused-ring (bicyclic) bond motifs is 1. The van der Waals surface area contributed by atoms with Gasteiger partial charge in [-0.3, -0.25) is 24.2 Å². The van der Waals surface area contributed by atoms with Gasteiger partial charge in [0.2, 0.25) is 11.8 Å². The second kappa shape index (κ2) is 12.7. The van der Waals surface area contributed by atoms with Gasteiger partial charge in [-0.1, -0.05) is 6.07 Å². The summed E-state index contributed by atoms with van der Waals surface area (Å²) in [7, 11) is 1.71. The number of nitrogens with zero attached hydrogens (tertiary/aromatic N) is 6. The highest BCUT2D eigenvalue weighted by atomic mass is 16.5. The molecule has 0 bridgehead atoms. The Morgan fingerprint density at radius 2 is 1.95 bits per heavy atom. The van der Waals surface area contributed by atoms with Gasteiger partial charge in [-0.15, -0.1) is 0 Å². The summed E-state index contributed by atoms with van der Waals surface area (Å²) in [4.78, 5) is 36.4. The molecule has 2 aliphatic rings. The number of amides is 2. The maximum Gasteiger partial charge on any atom is 0.222 e. The maximum absolute atomic E-state index is 13.2. The predicted molar refractivity (Wildman–Crippen MR) is 155 cm³/mol. The Morgan fingerprint density at radius 1 is 1.07 bits per heavy atom. The first-order valence-corrected chi connectivity index (χ1v) is 14.4. The molecule has 2 aromatic heterocycles. The Kier molecular flexibility index (Phi) is 8.84. The topological polar surface area (TPSA) is 95.8 Å². The highest BCUT2D eigenvalue weighted by Crippen LogP contribution is 2.36. The van der Waals surface area contributed by atoms with Crippen molar-refractivity contribution in [2.24, 2.45) is 0 Å². The van der Waals surface area contributed by atoms with Crippen LogP contribution in [-0.4, -0.2) is 89.3 Å². The third-order valence-corrected chi connectivity index (χ3v) is 7.97. The number of likely N-dealkylation sites (tertiary alicyclic amines) is 1. The third-order valence-electron chi connectivity index (χ3n) is 7.97. The summed E-state index contributed by atoms with van der Waals surface area (Å²) in [5, 5.41) is 9.01. The summed E-state index contributed by atoms with van der Waals surface area (Å²) in [5.74, 6) is 0.984. The molecule has 2 aliphatic heterocycles. The number of nitrogens with one attached hydrogen (secondary N) is 1. The number of carbonyl (C=O) groups excluding carboxylic acids is 2. The first-order valence-electron chi connectivity index (χ1n) is 14.4. The Balaban J connectivity index is 1.31. The second-order valence-corrected chi connectivity index (χ2v) is 10.9. The molecular formula is C30H41N7O3. The molecule has 3 aromatic rings. The Labute approximate surface area is 236 Å². The summed E-state index contributed by atoms with van der Waals surface area (Å²) in [6, 6.07) is 10.2. The van der Waals surface area contributed by atoms with Gasteiger partial charge in [0.05, 0.1) is 24.4 Å². The first-order chi connectivity index (χ1) is 19.4. The normalized spacial score (nSPS) is 17.4. The zero-order valence-corrected chi connectivity index (χ0v) is 23.9. The van der Waals surface area contributed by atoms with E-state index in [-0.39, 0.29) is 23.9 Å². The molecular weight excluding hydrogens is 506 g/mol. The minimum absolute atomic E-state index is 0.0169. The highest BCUT2D eigenvalue weighted by Gasteiger charge is 2.29. The van der Waals surface area contributed by atoms with Crippen molar-refractivity contribution in [1.82, 2.24) is 29.9 Å². The summed E-state index contributed by atoms with van der Waals surface area (Å²) in [6.07, 6.45) is 6.60. The number of ether oxygens (including phenoxy) is 1. The summed E-state index contributed by atoms with van der Waals surface area (Å²) < 4.78 is 7.72. The fourth-order valence-electron chi connectivity index (χ4n) is 5.81. The third kappa shape index (κ3) is 6.22.